The molecule has 0 aliphatic heterocycles. The third-order valence-electron chi connectivity index (χ3n) is 2.12. The van der Waals surface area contributed by atoms with Crippen LogP contribution in [-0.2, 0) is 6.54 Å². The van der Waals surface area contributed by atoms with E-state index in [0.29, 0.717) is 17.7 Å². The number of hydrogen-bond donors (Lipinski definition) is 1. The smallest absolute Gasteiger partial charge is 0.138 e. The first-order valence-electron chi connectivity index (χ1n) is 5.47. The predicted octanol–water partition coefficient (Wildman–Crippen LogP) is 4.08. The van der Waals surface area contributed by atoms with Crippen molar-refractivity contribution in [2.75, 3.05) is 6.61 Å². The van der Waals surface area contributed by atoms with Crippen LogP contribution in [-0.4, -0.2) is 12.6 Å². The van der Waals surface area contributed by atoms with Crippen molar-refractivity contribution < 1.29 is 4.74 Å². The average Bonchev–Trinajstić information content (AvgIpc) is 2.24. The molecule has 4 heteroatoms. The number of rotatable bonds is 6. The topological polar surface area (TPSA) is 21.3 Å². The van der Waals surface area contributed by atoms with E-state index in [1.807, 2.05) is 18.2 Å². The molecule has 0 aliphatic rings. The fourth-order valence-electron chi connectivity index (χ4n) is 1.32. The lowest BCUT2D eigenvalue weighted by molar-refractivity contribution is 0.351. The minimum Gasteiger partial charge on any atom is -0.486 e. The molecule has 0 saturated heterocycles. The van der Waals surface area contributed by atoms with Crippen molar-refractivity contribution in [3.8, 4) is 5.75 Å². The summed E-state index contributed by atoms with van der Waals surface area (Å²) in [6, 6.07) is 6.41. The summed E-state index contributed by atoms with van der Waals surface area (Å²) in [4.78, 5) is 0. The molecule has 0 saturated carbocycles. The average molecular weight is 319 g/mol. The summed E-state index contributed by atoms with van der Waals surface area (Å²) in [5, 5.41) is 3.85. The number of halogens is 2. The van der Waals surface area contributed by atoms with Gasteiger partial charge in [-0.05, 0) is 22.0 Å². The Hall–Kier alpha value is -0.510. The Morgan fingerprint density at radius 1 is 1.53 bits per heavy atom. The maximum Gasteiger partial charge on any atom is 0.138 e. The molecule has 0 atom stereocenters. The molecule has 0 unspecified atom stereocenters. The second-order valence-corrected chi connectivity index (χ2v) is 5.46. The molecule has 0 amide bonds. The summed E-state index contributed by atoms with van der Waals surface area (Å²) < 4.78 is 6.57. The Labute approximate surface area is 116 Å². The summed E-state index contributed by atoms with van der Waals surface area (Å²) in [7, 11) is 0. The second kappa shape index (κ2) is 7.04. The molecule has 94 valence electrons. The van der Waals surface area contributed by atoms with E-state index in [1.165, 1.54) is 0 Å². The van der Waals surface area contributed by atoms with E-state index in [-0.39, 0.29) is 0 Å². The van der Waals surface area contributed by atoms with E-state index >= 15 is 0 Å². The minimum atomic E-state index is 0.318. The van der Waals surface area contributed by atoms with Gasteiger partial charge >= 0.3 is 0 Å². The lowest BCUT2D eigenvalue weighted by Crippen LogP contribution is -2.22. The van der Waals surface area contributed by atoms with Crippen molar-refractivity contribution in [2.45, 2.75) is 26.4 Å². The first kappa shape index (κ1) is 14.6. The number of nitrogens with one attached hydrogen (secondary N) is 1. The molecule has 1 N–H and O–H groups in total. The van der Waals surface area contributed by atoms with Crippen molar-refractivity contribution in [3.63, 3.8) is 0 Å². The van der Waals surface area contributed by atoms with Gasteiger partial charge in [-0.2, -0.15) is 0 Å². The van der Waals surface area contributed by atoms with Crippen molar-refractivity contribution in [2.24, 2.45) is 0 Å². The van der Waals surface area contributed by atoms with Crippen LogP contribution in [0, 0.1) is 0 Å². The van der Waals surface area contributed by atoms with Crippen LogP contribution in [0.1, 0.15) is 19.4 Å². The van der Waals surface area contributed by atoms with Crippen molar-refractivity contribution in [1.29, 1.82) is 0 Å². The fourth-order valence-corrected chi connectivity index (χ4v) is 1.90. The Kier molecular flexibility index (Phi) is 6.03. The van der Waals surface area contributed by atoms with Crippen LogP contribution in [0.2, 0.25) is 0 Å². The van der Waals surface area contributed by atoms with Crippen LogP contribution in [0.25, 0.3) is 0 Å². The number of ether oxygens (including phenoxy) is 1. The van der Waals surface area contributed by atoms with E-state index in [0.717, 1.165) is 22.3 Å². The zero-order chi connectivity index (χ0) is 12.8. The van der Waals surface area contributed by atoms with E-state index < -0.39 is 0 Å². The molecule has 1 aromatic carbocycles. The normalized spacial score (nSPS) is 10.6. The van der Waals surface area contributed by atoms with Gasteiger partial charge in [0.1, 0.15) is 12.4 Å². The lowest BCUT2D eigenvalue weighted by atomic mass is 10.2. The second-order valence-electron chi connectivity index (χ2n) is 4.07. The lowest BCUT2D eigenvalue weighted by Gasteiger charge is -2.14. The molecule has 1 rings (SSSR count). The minimum absolute atomic E-state index is 0.318. The Balaban J connectivity index is 2.80. The van der Waals surface area contributed by atoms with Gasteiger partial charge in [-0.15, -0.1) is 0 Å². The largest absolute Gasteiger partial charge is 0.486 e. The quantitative estimate of drug-likeness (QED) is 0.853. The Morgan fingerprint density at radius 2 is 2.24 bits per heavy atom. The molecule has 0 radical (unpaired) electrons. The van der Waals surface area contributed by atoms with Crippen molar-refractivity contribution >= 4 is 27.5 Å². The highest BCUT2D eigenvalue weighted by atomic mass is 79.9. The first-order chi connectivity index (χ1) is 8.00. The molecular weight excluding hydrogens is 302 g/mol. The number of benzene rings is 1. The standard InChI is InChI=1S/C13H17BrClNO/c1-9(2)16-7-11-5-4-6-12(14)13(11)17-8-10(3)15/h4-6,9,16H,3,7-8H2,1-2H3. The highest BCUT2D eigenvalue weighted by Crippen LogP contribution is 2.29. The number of para-hydroxylation sites is 1. The monoisotopic (exact) mass is 317 g/mol. The molecule has 1 aromatic rings. The van der Waals surface area contributed by atoms with Gasteiger partial charge in [-0.1, -0.05) is 44.2 Å². The molecule has 0 heterocycles. The molecule has 0 aromatic heterocycles. The summed E-state index contributed by atoms with van der Waals surface area (Å²) in [6.07, 6.45) is 0. The number of hydrogen-bond acceptors (Lipinski definition) is 2. The molecule has 0 spiro atoms. The van der Waals surface area contributed by atoms with Crippen LogP contribution < -0.4 is 10.1 Å². The highest BCUT2D eigenvalue weighted by Gasteiger charge is 2.08. The zero-order valence-electron chi connectivity index (χ0n) is 10.1. The molecule has 2 nitrogen and oxygen atoms in total. The van der Waals surface area contributed by atoms with Gasteiger partial charge in [-0.3, -0.25) is 0 Å². The molecule has 0 aliphatic carbocycles. The van der Waals surface area contributed by atoms with E-state index in [9.17, 15) is 0 Å². The van der Waals surface area contributed by atoms with Gasteiger partial charge < -0.3 is 10.1 Å². The maximum atomic E-state index is 5.71. The summed E-state index contributed by atoms with van der Waals surface area (Å²) >= 11 is 9.19. The summed E-state index contributed by atoms with van der Waals surface area (Å²) in [5.41, 5.74) is 1.10. The van der Waals surface area contributed by atoms with Crippen LogP contribution >= 0.6 is 27.5 Å². The zero-order valence-corrected chi connectivity index (χ0v) is 12.4. The van der Waals surface area contributed by atoms with Crippen LogP contribution in [0.5, 0.6) is 5.75 Å². The first-order valence-corrected chi connectivity index (χ1v) is 6.64. The highest BCUT2D eigenvalue weighted by molar-refractivity contribution is 9.10. The van der Waals surface area contributed by atoms with E-state index in [1.54, 1.807) is 0 Å². The summed E-state index contributed by atoms with van der Waals surface area (Å²) in [5.74, 6) is 0.822. The molecular formula is C13H17BrClNO. The predicted molar refractivity (Wildman–Crippen MR) is 76.6 cm³/mol. The van der Waals surface area contributed by atoms with Crippen molar-refractivity contribution in [3.05, 3.63) is 39.8 Å². The summed E-state index contributed by atoms with van der Waals surface area (Å²) in [6.45, 7) is 8.92. The van der Waals surface area contributed by atoms with Gasteiger partial charge in [0.2, 0.25) is 0 Å². The van der Waals surface area contributed by atoms with Crippen molar-refractivity contribution in [1.82, 2.24) is 5.32 Å². The molecule has 0 fully saturated rings. The van der Waals surface area contributed by atoms with Gasteiger partial charge in [0.25, 0.3) is 0 Å². The van der Waals surface area contributed by atoms with Gasteiger partial charge in [0.15, 0.2) is 0 Å². The fraction of sp³-hybridized carbons (Fsp3) is 0.385. The van der Waals surface area contributed by atoms with Crippen LogP contribution in [0.4, 0.5) is 0 Å². The molecule has 0 bridgehead atoms. The van der Waals surface area contributed by atoms with Crippen LogP contribution in [0.3, 0.4) is 0 Å². The third kappa shape index (κ3) is 5.11. The maximum absolute atomic E-state index is 5.71. The van der Waals surface area contributed by atoms with Crippen LogP contribution in [0.15, 0.2) is 34.3 Å². The van der Waals surface area contributed by atoms with Gasteiger partial charge in [-0.25, -0.2) is 0 Å². The SMILES string of the molecule is C=C(Cl)COc1c(Br)cccc1CNC(C)C. The third-order valence-corrected chi connectivity index (χ3v) is 2.86. The Bertz CT molecular complexity index is 393. The van der Waals surface area contributed by atoms with Gasteiger partial charge in [0.05, 0.1) is 4.47 Å². The van der Waals surface area contributed by atoms with E-state index in [4.69, 9.17) is 16.3 Å². The Morgan fingerprint density at radius 3 is 2.82 bits per heavy atom. The van der Waals surface area contributed by atoms with E-state index in [2.05, 4.69) is 41.7 Å². The molecule has 17 heavy (non-hydrogen) atoms. The van der Waals surface area contributed by atoms with Gasteiger partial charge in [0, 0.05) is 23.2 Å².